The number of hydrogen-bond donors (Lipinski definition) is 3. The zero-order chi connectivity index (χ0) is 20.5. The van der Waals surface area contributed by atoms with Crippen LogP contribution in [0.1, 0.15) is 48.8 Å². The maximum absolute atomic E-state index is 11.6. The molecule has 3 rings (SSSR count). The van der Waals surface area contributed by atoms with Crippen LogP contribution >= 0.6 is 12.4 Å². The molecule has 0 aliphatic carbocycles. The lowest BCUT2D eigenvalue weighted by atomic mass is 9.95. The van der Waals surface area contributed by atoms with Crippen molar-refractivity contribution in [3.8, 4) is 5.75 Å². The van der Waals surface area contributed by atoms with Crippen LogP contribution in [0.3, 0.4) is 0 Å². The maximum atomic E-state index is 11.6. The lowest BCUT2D eigenvalue weighted by Crippen LogP contribution is -2.23. The standard InChI is InChI=1S/C24H32N2O3.ClH/c25-20(16-19-11-12-22(27)24-21(19)17-23(28)26-24)10-6-1-2-7-14-29-15-13-18-8-4-3-5-9-18;/h3-5,8-9,11-12,20,27H,1-2,6-7,10,13-17,25H2,(H,26,28);1H. The molecule has 0 saturated heterocycles. The van der Waals surface area contributed by atoms with Crippen LogP contribution < -0.4 is 11.1 Å². The summed E-state index contributed by atoms with van der Waals surface area (Å²) in [6, 6.07) is 14.0. The van der Waals surface area contributed by atoms with E-state index in [-0.39, 0.29) is 30.1 Å². The molecule has 6 heteroatoms. The van der Waals surface area contributed by atoms with Crippen molar-refractivity contribution in [3.63, 3.8) is 0 Å². The fourth-order valence-corrected chi connectivity index (χ4v) is 3.84. The average Bonchev–Trinajstić information content (AvgIpc) is 3.12. The number of rotatable bonds is 12. The molecule has 1 amide bonds. The van der Waals surface area contributed by atoms with Gasteiger partial charge >= 0.3 is 0 Å². The molecule has 0 bridgehead atoms. The van der Waals surface area contributed by atoms with Gasteiger partial charge in [0.05, 0.1) is 18.7 Å². The van der Waals surface area contributed by atoms with Gasteiger partial charge in [0.2, 0.25) is 5.91 Å². The molecule has 1 heterocycles. The van der Waals surface area contributed by atoms with Gasteiger partial charge in [0.15, 0.2) is 0 Å². The Morgan fingerprint density at radius 3 is 2.60 bits per heavy atom. The molecule has 5 nitrogen and oxygen atoms in total. The lowest BCUT2D eigenvalue weighted by molar-refractivity contribution is -0.115. The number of unbranched alkanes of at least 4 members (excludes halogenated alkanes) is 3. The second-order valence-corrected chi connectivity index (χ2v) is 7.84. The summed E-state index contributed by atoms with van der Waals surface area (Å²) in [5.74, 6) is 0.0662. The molecule has 1 aliphatic rings. The summed E-state index contributed by atoms with van der Waals surface area (Å²) in [7, 11) is 0. The first-order valence-corrected chi connectivity index (χ1v) is 10.6. The SMILES string of the molecule is Cl.NC(CCCCCCOCCc1ccccc1)Cc1ccc(O)c2c1CC(=O)N2. The Kier molecular flexibility index (Phi) is 10.1. The van der Waals surface area contributed by atoms with Crippen molar-refractivity contribution in [2.75, 3.05) is 18.5 Å². The summed E-state index contributed by atoms with van der Waals surface area (Å²) < 4.78 is 5.73. The fourth-order valence-electron chi connectivity index (χ4n) is 3.84. The predicted octanol–water partition coefficient (Wildman–Crippen LogP) is 4.39. The Labute approximate surface area is 185 Å². The number of carbonyl (C=O) groups is 1. The van der Waals surface area contributed by atoms with E-state index in [2.05, 4.69) is 29.6 Å². The number of fused-ring (bicyclic) bond motifs is 1. The number of halogens is 1. The number of aromatic hydroxyl groups is 1. The smallest absolute Gasteiger partial charge is 0.228 e. The van der Waals surface area contributed by atoms with Gasteiger partial charge in [0.25, 0.3) is 0 Å². The molecule has 0 radical (unpaired) electrons. The van der Waals surface area contributed by atoms with Crippen LogP contribution in [0.2, 0.25) is 0 Å². The van der Waals surface area contributed by atoms with E-state index in [0.29, 0.717) is 12.1 Å². The minimum Gasteiger partial charge on any atom is -0.506 e. The van der Waals surface area contributed by atoms with Crippen LogP contribution in [-0.2, 0) is 28.8 Å². The number of hydrogen-bond acceptors (Lipinski definition) is 4. The first-order chi connectivity index (χ1) is 14.1. The highest BCUT2D eigenvalue weighted by Gasteiger charge is 2.24. The van der Waals surface area contributed by atoms with Gasteiger partial charge < -0.3 is 20.9 Å². The second-order valence-electron chi connectivity index (χ2n) is 7.84. The molecule has 2 aromatic carbocycles. The quantitative estimate of drug-likeness (QED) is 0.343. The van der Waals surface area contributed by atoms with Crippen molar-refractivity contribution in [1.29, 1.82) is 0 Å². The third kappa shape index (κ3) is 7.31. The fraction of sp³-hybridized carbons (Fsp3) is 0.458. The highest BCUT2D eigenvalue weighted by Crippen LogP contribution is 2.35. The minimum absolute atomic E-state index is 0. The van der Waals surface area contributed by atoms with E-state index in [1.807, 2.05) is 12.1 Å². The minimum atomic E-state index is -0.0673. The Morgan fingerprint density at radius 2 is 1.80 bits per heavy atom. The monoisotopic (exact) mass is 432 g/mol. The topological polar surface area (TPSA) is 84.6 Å². The summed E-state index contributed by atoms with van der Waals surface area (Å²) in [5, 5.41) is 12.6. The average molecular weight is 433 g/mol. The molecule has 1 aliphatic heterocycles. The number of nitrogens with two attached hydrogens (primary N) is 1. The van der Waals surface area contributed by atoms with Crippen LogP contribution in [0, 0.1) is 0 Å². The van der Waals surface area contributed by atoms with Gasteiger partial charge in [-0.3, -0.25) is 4.79 Å². The number of phenolic OH excluding ortho intramolecular Hbond substituents is 1. The van der Waals surface area contributed by atoms with E-state index in [4.69, 9.17) is 10.5 Å². The number of amides is 1. The van der Waals surface area contributed by atoms with Crippen molar-refractivity contribution >= 4 is 24.0 Å². The molecule has 30 heavy (non-hydrogen) atoms. The van der Waals surface area contributed by atoms with Crippen LogP contribution in [-0.4, -0.2) is 30.3 Å². The molecule has 0 spiro atoms. The Bertz CT molecular complexity index is 799. The maximum Gasteiger partial charge on any atom is 0.228 e. The second kappa shape index (κ2) is 12.6. The molecular formula is C24H33ClN2O3. The Morgan fingerprint density at radius 1 is 1.03 bits per heavy atom. The van der Waals surface area contributed by atoms with Crippen LogP contribution in [0.5, 0.6) is 5.75 Å². The molecule has 0 aromatic heterocycles. The molecule has 0 fully saturated rings. The van der Waals surface area contributed by atoms with Gasteiger partial charge in [-0.25, -0.2) is 0 Å². The number of phenols is 1. The van der Waals surface area contributed by atoms with Gasteiger partial charge in [-0.15, -0.1) is 12.4 Å². The first kappa shape index (κ1) is 24.2. The van der Waals surface area contributed by atoms with E-state index in [0.717, 1.165) is 69.3 Å². The van der Waals surface area contributed by atoms with Crippen molar-refractivity contribution in [2.24, 2.45) is 5.73 Å². The van der Waals surface area contributed by atoms with Crippen LogP contribution in [0.15, 0.2) is 42.5 Å². The number of carbonyl (C=O) groups excluding carboxylic acids is 1. The summed E-state index contributed by atoms with van der Waals surface area (Å²) in [6.45, 7) is 1.60. The van der Waals surface area contributed by atoms with Crippen LogP contribution in [0.4, 0.5) is 5.69 Å². The normalized spacial score (nSPS) is 13.4. The lowest BCUT2D eigenvalue weighted by Gasteiger charge is -2.14. The molecule has 4 N–H and O–H groups in total. The van der Waals surface area contributed by atoms with Crippen molar-refractivity contribution in [3.05, 3.63) is 59.2 Å². The third-order valence-electron chi connectivity index (χ3n) is 5.46. The number of nitrogens with one attached hydrogen (secondary N) is 1. The number of benzene rings is 2. The van der Waals surface area contributed by atoms with Crippen molar-refractivity contribution < 1.29 is 14.6 Å². The van der Waals surface area contributed by atoms with Crippen molar-refractivity contribution in [2.45, 2.75) is 57.4 Å². The molecule has 1 atom stereocenters. The van der Waals surface area contributed by atoms with Crippen molar-refractivity contribution in [1.82, 2.24) is 0 Å². The van der Waals surface area contributed by atoms with Gasteiger partial charge in [-0.05, 0) is 48.4 Å². The van der Waals surface area contributed by atoms with E-state index in [1.54, 1.807) is 6.07 Å². The zero-order valence-corrected chi connectivity index (χ0v) is 18.3. The Hall–Kier alpha value is -2.08. The van der Waals surface area contributed by atoms with E-state index >= 15 is 0 Å². The molecule has 2 aromatic rings. The highest BCUT2D eigenvalue weighted by molar-refractivity contribution is 6.01. The summed E-state index contributed by atoms with van der Waals surface area (Å²) in [4.78, 5) is 11.6. The van der Waals surface area contributed by atoms with E-state index in [1.165, 1.54) is 5.56 Å². The van der Waals surface area contributed by atoms with Gasteiger partial charge in [0, 0.05) is 12.6 Å². The Balaban J connectivity index is 0.00000320. The molecule has 0 saturated carbocycles. The summed E-state index contributed by atoms with van der Waals surface area (Å²) >= 11 is 0. The zero-order valence-electron chi connectivity index (χ0n) is 17.4. The van der Waals surface area contributed by atoms with E-state index < -0.39 is 0 Å². The summed E-state index contributed by atoms with van der Waals surface area (Å²) in [6.07, 6.45) is 7.50. The largest absolute Gasteiger partial charge is 0.506 e. The third-order valence-corrected chi connectivity index (χ3v) is 5.46. The predicted molar refractivity (Wildman–Crippen MR) is 123 cm³/mol. The number of ether oxygens (including phenoxy) is 1. The molecule has 164 valence electrons. The molecule has 1 unspecified atom stereocenters. The first-order valence-electron chi connectivity index (χ1n) is 10.6. The van der Waals surface area contributed by atoms with Gasteiger partial charge in [-0.2, -0.15) is 0 Å². The van der Waals surface area contributed by atoms with Crippen LogP contribution in [0.25, 0.3) is 0 Å². The van der Waals surface area contributed by atoms with E-state index in [9.17, 15) is 9.90 Å². The highest BCUT2D eigenvalue weighted by atomic mass is 35.5. The molecular weight excluding hydrogens is 400 g/mol. The van der Waals surface area contributed by atoms with Gasteiger partial charge in [0.1, 0.15) is 5.75 Å². The van der Waals surface area contributed by atoms with Gasteiger partial charge in [-0.1, -0.05) is 55.7 Å². The summed E-state index contributed by atoms with van der Waals surface area (Å²) in [5.41, 5.74) is 10.2. The number of anilines is 1.